The van der Waals surface area contributed by atoms with Gasteiger partial charge in [-0.25, -0.2) is 4.79 Å². The fourth-order valence-corrected chi connectivity index (χ4v) is 13.3. The van der Waals surface area contributed by atoms with Crippen LogP contribution in [0.3, 0.4) is 0 Å². The highest BCUT2D eigenvalue weighted by atomic mass is 35.5. The Kier molecular flexibility index (Phi) is 22.4. The molecular weight excluding hydrogens is 1400 g/mol. The first kappa shape index (κ1) is 76.4. The zero-order chi connectivity index (χ0) is 75.3. The number of halogens is 2. The van der Waals surface area contributed by atoms with E-state index < -0.39 is 237 Å². The number of carbonyl (C=O) groups is 8. The number of quaternary nitrogens is 1. The van der Waals surface area contributed by atoms with Crippen LogP contribution in [-0.4, -0.2) is 210 Å². The van der Waals surface area contributed by atoms with Gasteiger partial charge >= 0.3 is 5.97 Å². The number of nitrogens with zero attached hydrogens (tertiary/aromatic N) is 1. The Morgan fingerprint density at radius 2 is 1.30 bits per heavy atom. The summed E-state index contributed by atoms with van der Waals surface area (Å²) >= 11 is 14.2. The normalized spacial score (nSPS) is 29.3. The first-order chi connectivity index (χ1) is 48.3. The molecule has 103 heavy (non-hydrogen) atoms. The van der Waals surface area contributed by atoms with E-state index in [-0.39, 0.29) is 50.7 Å². The largest absolute Gasteiger partial charge is 0.508 e. The molecule has 7 heterocycles. The van der Waals surface area contributed by atoms with Crippen molar-refractivity contribution in [1.29, 1.82) is 0 Å². The number of ether oxygens (including phenoxy) is 6. The van der Waals surface area contributed by atoms with Crippen LogP contribution in [0.4, 0.5) is 0 Å². The number of hydrogen-bond donors (Lipinski definition) is 18. The number of phenolic OH excluding ortho intramolecular Hbond substituents is 3. The maximum atomic E-state index is 16.1. The van der Waals surface area contributed by atoms with E-state index in [1.165, 1.54) is 26.0 Å². The smallest absolute Gasteiger partial charge is 0.330 e. The van der Waals surface area contributed by atoms with E-state index in [1.807, 2.05) is 13.8 Å². The molecule has 0 spiro atoms. The summed E-state index contributed by atoms with van der Waals surface area (Å²) in [6, 6.07) is -0.496. The van der Waals surface area contributed by atoms with E-state index in [9.17, 15) is 70.2 Å². The molecule has 0 aromatic heterocycles. The van der Waals surface area contributed by atoms with E-state index in [4.69, 9.17) is 63.1 Å². The summed E-state index contributed by atoms with van der Waals surface area (Å²) in [7, 11) is 5.17. The number of rotatable bonds is 13. The van der Waals surface area contributed by atoms with Crippen molar-refractivity contribution < 1.29 is 122 Å². The summed E-state index contributed by atoms with van der Waals surface area (Å²) in [6.45, 7) is 5.74. The van der Waals surface area contributed by atoms with E-state index >= 15 is 19.2 Å². The second-order valence-electron chi connectivity index (χ2n) is 27.5. The lowest BCUT2D eigenvalue weighted by molar-refractivity contribution is -0.887. The number of carboxylic acids is 1. The summed E-state index contributed by atoms with van der Waals surface area (Å²) < 4.78 is 38.4. The molecule has 2 fully saturated rings. The Morgan fingerprint density at radius 3 is 1.87 bits per heavy atom. The molecule has 0 aliphatic carbocycles. The Hall–Kier alpha value is -9.20. The topological polar surface area (TPSA) is 518 Å². The molecule has 0 saturated carbocycles. The van der Waals surface area contributed by atoms with Gasteiger partial charge in [-0.2, -0.15) is 0 Å². The third-order valence-electron chi connectivity index (χ3n) is 18.3. The molecule has 5 aromatic carbocycles. The fourth-order valence-electron chi connectivity index (χ4n) is 12.9. The van der Waals surface area contributed by atoms with Gasteiger partial charge in [-0.05, 0) is 96.6 Å². The molecule has 0 unspecified atom stereocenters. The number of carbonyl (C=O) groups excluding carboxylic acids is 7. The predicted octanol–water partition coefficient (Wildman–Crippen LogP) is 0.593. The number of carboxylic acid groups (broad SMARTS) is 1. The number of aliphatic carboxylic acids is 1. The Labute approximate surface area is 597 Å². The highest BCUT2D eigenvalue weighted by Gasteiger charge is 2.52. The lowest BCUT2D eigenvalue weighted by Gasteiger charge is -2.47. The minimum absolute atomic E-state index is 0.0168. The van der Waals surface area contributed by atoms with Crippen LogP contribution in [0.25, 0.3) is 11.1 Å². The van der Waals surface area contributed by atoms with Crippen molar-refractivity contribution in [1.82, 2.24) is 31.9 Å². The zero-order valence-corrected chi connectivity index (χ0v) is 57.8. The molecule has 20 N–H and O–H groups in total. The third kappa shape index (κ3) is 16.3. The second kappa shape index (κ2) is 30.2. The number of aromatic hydroxyl groups is 3. The van der Waals surface area contributed by atoms with Gasteiger partial charge in [0.15, 0.2) is 36.0 Å². The highest BCUT2D eigenvalue weighted by molar-refractivity contribution is 6.32. The molecule has 12 rings (SSSR count). The molecule has 5 aromatic rings. The van der Waals surface area contributed by atoms with Gasteiger partial charge < -0.3 is 127 Å². The van der Waals surface area contributed by atoms with Crippen LogP contribution in [0, 0.1) is 5.92 Å². The van der Waals surface area contributed by atoms with Gasteiger partial charge in [0.05, 0.1) is 56.4 Å². The van der Waals surface area contributed by atoms with Crippen LogP contribution < -0.4 is 57.6 Å². The van der Waals surface area contributed by atoms with Crippen molar-refractivity contribution >= 4 is 70.5 Å². The molecule has 11 bridgehead atoms. The molecule has 0 radical (unpaired) electrons. The van der Waals surface area contributed by atoms with Crippen molar-refractivity contribution in [2.45, 2.75) is 156 Å². The number of hydrogen-bond acceptors (Lipinski definition) is 24. The number of benzene rings is 5. The SMILES string of the molecule is CC(C)C[C@H](C(=O)N[C@H]1C(=O)N[C@@H](CC(N)=O)C(=O)N[C@H]2C(=O)N[C@H]3C(=O)N[C@H](C(=O)N[C@H](C(=O)O)c4cc(O)cc(O)c4-c4cc3ccc4O)[C@H](O)c3ccc(c(Cl)c3)Oc3cc2cc(c3O[C@@H]2O[C@H](CO)[C@@H](O)[C@H](O)[C@H]2O[C@H]2C[C@](C)(N)[C@H](O)[C@H](C)O2)Oc2ccc(cc2Cl)[C@H]1O)[N+](C)(C)C. The van der Waals surface area contributed by atoms with Crippen LogP contribution in [0.1, 0.15) is 105 Å². The number of aliphatic hydroxyl groups excluding tert-OH is 6. The van der Waals surface area contributed by atoms with Gasteiger partial charge in [-0.15, -0.1) is 0 Å². The van der Waals surface area contributed by atoms with Gasteiger partial charge in [0.2, 0.25) is 47.5 Å². The van der Waals surface area contributed by atoms with Crippen LogP contribution in [-0.2, 0) is 52.6 Å². The molecule has 35 heteroatoms. The first-order valence-electron chi connectivity index (χ1n) is 32.4. The molecule has 7 amide bonds. The number of primary amides is 1. The average Bonchev–Trinajstić information content (AvgIpc) is 0.767. The molecule has 2 saturated heterocycles. The van der Waals surface area contributed by atoms with E-state index in [0.29, 0.717) is 0 Å². The number of nitrogens with one attached hydrogen (secondary N) is 6. The molecular formula is C68H80Cl2N9O24+. The Bertz CT molecular complexity index is 4160. The minimum atomic E-state index is -2.35. The van der Waals surface area contributed by atoms with Gasteiger partial charge in [0.1, 0.15) is 89.5 Å². The lowest BCUT2D eigenvalue weighted by atomic mass is 9.86. The summed E-state index contributed by atoms with van der Waals surface area (Å²) in [4.78, 5) is 118. The van der Waals surface area contributed by atoms with Gasteiger partial charge in [-0.1, -0.05) is 55.2 Å². The standard InChI is InChI=1S/C68H79Cl2N9O24/c1-25(2)14-37(79(5,6)7)61(91)77-51-53(85)28-9-12-40(34(69)16-28)99-42-18-30-19-43(57(42)103-67-58(56(88)55(87)44(24-80)101-67)102-46-23-68(4,72)59(89)26(3)98-46)100-41-13-10-29(17-35(41)70)54(86)52-65(95)76-50(66(96)97)33-20-31(81)21-39(83)47(33)32-15-27(8-11-38(32)82)48(62(92)78-52)75-63(93)49(30)74-60(90)36(22-45(71)84)73-64(51)94/h8-13,15-21,25-26,36-37,44,46,48-56,58-59,67,80,85-89H,14,22-24,72H2,1-7H3,(H11-,71,73,74,75,76,77,78,81,82,83,84,90,91,92,93,94,95,96,97)/p+1/t26-,36-,37+,44+,46-,48+,49+,50-,51+,52-,53+,54+,55+,56-,58+,59+,67-,68-/m0/s1. The van der Waals surface area contributed by atoms with Crippen molar-refractivity contribution in [3.8, 4) is 57.1 Å². The summed E-state index contributed by atoms with van der Waals surface area (Å²) in [6.07, 6.45) is -18.5. The van der Waals surface area contributed by atoms with E-state index in [0.717, 1.165) is 66.7 Å². The lowest BCUT2D eigenvalue weighted by Crippen LogP contribution is -2.64. The Balaban J connectivity index is 1.24. The highest BCUT2D eigenvalue weighted by Crippen LogP contribution is 2.50. The number of amides is 7. The monoisotopic (exact) mass is 1480 g/mol. The van der Waals surface area contributed by atoms with Crippen molar-refractivity contribution in [2.75, 3.05) is 27.7 Å². The van der Waals surface area contributed by atoms with Gasteiger partial charge in [0.25, 0.3) is 5.91 Å². The number of aliphatic hydroxyl groups is 6. The minimum Gasteiger partial charge on any atom is -0.508 e. The first-order valence-corrected chi connectivity index (χ1v) is 33.2. The number of likely N-dealkylation sites (N-methyl/N-ethyl adjacent to an activating group) is 1. The van der Waals surface area contributed by atoms with Crippen LogP contribution in [0.5, 0.6) is 46.0 Å². The van der Waals surface area contributed by atoms with Crippen molar-refractivity contribution in [3.63, 3.8) is 0 Å². The average molecular weight is 1480 g/mol. The maximum absolute atomic E-state index is 16.1. The molecule has 7 aliphatic rings. The number of nitrogens with two attached hydrogens (primary N) is 2. The van der Waals surface area contributed by atoms with E-state index in [1.54, 1.807) is 21.1 Å². The fraction of sp³-hybridized carbons (Fsp3) is 0.441. The predicted molar refractivity (Wildman–Crippen MR) is 358 cm³/mol. The van der Waals surface area contributed by atoms with Crippen LogP contribution >= 0.6 is 23.2 Å². The van der Waals surface area contributed by atoms with Crippen molar-refractivity contribution in [2.24, 2.45) is 17.4 Å². The third-order valence-corrected chi connectivity index (χ3v) is 18.9. The van der Waals surface area contributed by atoms with Crippen LogP contribution in [0.2, 0.25) is 10.0 Å². The van der Waals surface area contributed by atoms with Gasteiger partial charge in [-0.3, -0.25) is 33.6 Å². The molecule has 18 atom stereocenters. The quantitative estimate of drug-likeness (QED) is 0.0717. The zero-order valence-electron chi connectivity index (χ0n) is 56.3. The summed E-state index contributed by atoms with van der Waals surface area (Å²) in [5.41, 5.74) is 8.07. The van der Waals surface area contributed by atoms with E-state index in [2.05, 4.69) is 31.9 Å². The van der Waals surface area contributed by atoms with Crippen molar-refractivity contribution in [3.05, 3.63) is 117 Å². The summed E-state index contributed by atoms with van der Waals surface area (Å²) in [5, 5.41) is 128. The maximum Gasteiger partial charge on any atom is 0.330 e. The van der Waals surface area contributed by atoms with Gasteiger partial charge in [0, 0.05) is 41.1 Å². The number of fused-ring (bicyclic) bond motifs is 15. The molecule has 33 nitrogen and oxygen atoms in total. The van der Waals surface area contributed by atoms with Crippen LogP contribution in [0.15, 0.2) is 78.9 Å². The molecule has 7 aliphatic heterocycles. The molecule has 554 valence electrons. The summed E-state index contributed by atoms with van der Waals surface area (Å²) in [5.74, 6) is -15.9. The second-order valence-corrected chi connectivity index (χ2v) is 28.3. The Morgan fingerprint density at radius 1 is 0.709 bits per heavy atom. The number of phenols is 3.